The first-order valence-electron chi connectivity index (χ1n) is 5.22. The highest BCUT2D eigenvalue weighted by Crippen LogP contribution is 2.32. The van der Waals surface area contributed by atoms with Crippen LogP contribution in [0.2, 0.25) is 6.04 Å². The Balaban J connectivity index is 4.31. The lowest BCUT2D eigenvalue weighted by atomic mass is 10.0. The number of unbranched alkanes of at least 4 members (excludes halogenated alkanes) is 1. The molecule has 0 bridgehead atoms. The van der Waals surface area contributed by atoms with Crippen LogP contribution in [0.3, 0.4) is 0 Å². The van der Waals surface area contributed by atoms with Gasteiger partial charge in [-0.25, -0.2) is 4.79 Å². The van der Waals surface area contributed by atoms with Gasteiger partial charge in [-0.05, 0) is 18.4 Å². The highest BCUT2D eigenvalue weighted by atomic mass is 35.8. The lowest BCUT2D eigenvalue weighted by Gasteiger charge is -2.15. The van der Waals surface area contributed by atoms with E-state index in [2.05, 4.69) is 11.7 Å². The van der Waals surface area contributed by atoms with Crippen LogP contribution < -0.4 is 0 Å². The molecule has 0 aromatic rings. The Bertz CT molecular complexity index is 239. The molecule has 0 radical (unpaired) electrons. The van der Waals surface area contributed by atoms with E-state index in [1.807, 2.05) is 0 Å². The van der Waals surface area contributed by atoms with E-state index in [1.54, 1.807) is 6.08 Å². The summed E-state index contributed by atoms with van der Waals surface area (Å²) < 4.78 is 4.52. The van der Waals surface area contributed by atoms with Crippen molar-refractivity contribution in [3.63, 3.8) is 0 Å². The van der Waals surface area contributed by atoms with Crippen molar-refractivity contribution in [3.05, 3.63) is 12.2 Å². The van der Waals surface area contributed by atoms with E-state index in [4.69, 9.17) is 33.2 Å². The minimum atomic E-state index is -2.64. The van der Waals surface area contributed by atoms with Crippen LogP contribution in [0.4, 0.5) is 0 Å². The third kappa shape index (κ3) is 9.52. The van der Waals surface area contributed by atoms with Gasteiger partial charge in [0.05, 0.1) is 7.11 Å². The molecular weight excluding hydrogens is 287 g/mol. The van der Waals surface area contributed by atoms with E-state index in [9.17, 15) is 4.79 Å². The number of ether oxygens (including phenoxy) is 1. The molecule has 0 aromatic carbocycles. The van der Waals surface area contributed by atoms with Gasteiger partial charge < -0.3 is 4.74 Å². The Kier molecular flexibility index (Phi) is 8.55. The van der Waals surface area contributed by atoms with Gasteiger partial charge in [0.2, 0.25) is 0 Å². The molecule has 0 aromatic heterocycles. The van der Waals surface area contributed by atoms with Crippen LogP contribution in [0.1, 0.15) is 26.2 Å². The number of methoxy groups -OCH3 is 1. The van der Waals surface area contributed by atoms with Gasteiger partial charge in [0.25, 0.3) is 0 Å². The standard InChI is InChI=1S/C10H17Cl3O2Si/c1-3-4-5-9(8-16(11,12)13)6-7-10(14)15-2/h6-7,9H,3-5,8H2,1-2H3/b7-6+. The van der Waals surface area contributed by atoms with E-state index in [1.165, 1.54) is 13.2 Å². The monoisotopic (exact) mass is 302 g/mol. The summed E-state index contributed by atoms with van der Waals surface area (Å²) in [6.45, 7) is 2.11. The number of hydrogen-bond acceptors (Lipinski definition) is 2. The summed E-state index contributed by atoms with van der Waals surface area (Å²) in [5.41, 5.74) is 0. The number of hydrogen-bond donors (Lipinski definition) is 0. The largest absolute Gasteiger partial charge is 0.466 e. The van der Waals surface area contributed by atoms with Crippen LogP contribution in [0, 0.1) is 5.92 Å². The molecule has 2 nitrogen and oxygen atoms in total. The van der Waals surface area contributed by atoms with Crippen molar-refractivity contribution in [2.45, 2.75) is 32.2 Å². The summed E-state index contributed by atoms with van der Waals surface area (Å²) in [4.78, 5) is 11.0. The van der Waals surface area contributed by atoms with Gasteiger partial charge in [-0.15, -0.1) is 33.2 Å². The molecule has 94 valence electrons. The predicted octanol–water partition coefficient (Wildman–Crippen LogP) is 4.18. The van der Waals surface area contributed by atoms with Gasteiger partial charge in [0.15, 0.2) is 0 Å². The molecule has 1 unspecified atom stereocenters. The lowest BCUT2D eigenvalue weighted by Crippen LogP contribution is -2.15. The molecule has 0 saturated carbocycles. The second-order valence-electron chi connectivity index (χ2n) is 3.60. The Labute approximate surface area is 112 Å². The van der Waals surface area contributed by atoms with Gasteiger partial charge >= 0.3 is 12.0 Å². The van der Waals surface area contributed by atoms with Crippen LogP contribution in [0.15, 0.2) is 12.2 Å². The zero-order valence-electron chi connectivity index (χ0n) is 9.51. The van der Waals surface area contributed by atoms with Crippen LogP contribution >= 0.6 is 33.2 Å². The number of allylic oxidation sites excluding steroid dienone is 1. The fourth-order valence-electron chi connectivity index (χ4n) is 1.31. The topological polar surface area (TPSA) is 26.3 Å². The summed E-state index contributed by atoms with van der Waals surface area (Å²) in [5, 5.41) is 0. The van der Waals surface area contributed by atoms with E-state index in [0.717, 1.165) is 19.3 Å². The maximum absolute atomic E-state index is 11.0. The number of halogens is 3. The van der Waals surface area contributed by atoms with Gasteiger partial charge in [0, 0.05) is 6.08 Å². The van der Waals surface area contributed by atoms with E-state index >= 15 is 0 Å². The molecule has 0 fully saturated rings. The third-order valence-electron chi connectivity index (χ3n) is 2.13. The van der Waals surface area contributed by atoms with Crippen molar-refractivity contribution in [2.75, 3.05) is 7.11 Å². The summed E-state index contributed by atoms with van der Waals surface area (Å²) in [5.74, 6) is -0.217. The van der Waals surface area contributed by atoms with Crippen molar-refractivity contribution in [1.29, 1.82) is 0 Å². The second kappa shape index (κ2) is 8.40. The molecule has 1 atom stereocenters. The molecule has 0 heterocycles. The summed E-state index contributed by atoms with van der Waals surface area (Å²) in [6.07, 6.45) is 6.28. The van der Waals surface area contributed by atoms with E-state index < -0.39 is 6.00 Å². The highest BCUT2D eigenvalue weighted by molar-refractivity contribution is 7.64. The summed E-state index contributed by atoms with van der Waals surface area (Å²) >= 11 is 17.6. The van der Waals surface area contributed by atoms with Gasteiger partial charge in [0.1, 0.15) is 0 Å². The lowest BCUT2D eigenvalue weighted by molar-refractivity contribution is -0.134. The average Bonchev–Trinajstić information content (AvgIpc) is 2.19. The zero-order chi connectivity index (χ0) is 12.6. The third-order valence-corrected chi connectivity index (χ3v) is 4.50. The fourth-order valence-corrected chi connectivity index (χ4v) is 4.03. The predicted molar refractivity (Wildman–Crippen MR) is 72.3 cm³/mol. The molecule has 0 saturated heterocycles. The Hall–Kier alpha value is 0.297. The quantitative estimate of drug-likeness (QED) is 0.305. The van der Waals surface area contributed by atoms with Crippen LogP contribution in [0.5, 0.6) is 0 Å². The van der Waals surface area contributed by atoms with Crippen LogP contribution in [-0.2, 0) is 9.53 Å². The van der Waals surface area contributed by atoms with Crippen molar-refractivity contribution >= 4 is 45.2 Å². The minimum Gasteiger partial charge on any atom is -0.466 e. The maximum Gasteiger partial charge on any atom is 0.341 e. The molecule has 6 heteroatoms. The molecule has 0 N–H and O–H groups in total. The normalized spacial score (nSPS) is 14.1. The summed E-state index contributed by atoms with van der Waals surface area (Å²) in [7, 11) is 1.34. The fraction of sp³-hybridized carbons (Fsp3) is 0.700. The Morgan fingerprint density at radius 3 is 2.50 bits per heavy atom. The molecule has 16 heavy (non-hydrogen) atoms. The van der Waals surface area contributed by atoms with Gasteiger partial charge in [-0.1, -0.05) is 25.8 Å². The van der Waals surface area contributed by atoms with E-state index in [0.29, 0.717) is 6.04 Å². The molecule has 0 aliphatic rings. The molecule has 0 rings (SSSR count). The van der Waals surface area contributed by atoms with Gasteiger partial charge in [-0.2, -0.15) is 0 Å². The second-order valence-corrected chi connectivity index (χ2v) is 12.8. The number of carbonyl (C=O) groups is 1. The van der Waals surface area contributed by atoms with Crippen molar-refractivity contribution in [2.24, 2.45) is 5.92 Å². The number of esters is 1. The van der Waals surface area contributed by atoms with Gasteiger partial charge in [-0.3, -0.25) is 0 Å². The minimum absolute atomic E-state index is 0.151. The Morgan fingerprint density at radius 2 is 2.06 bits per heavy atom. The number of rotatable bonds is 7. The molecule has 0 amide bonds. The molecule has 0 aliphatic heterocycles. The molecule has 0 spiro atoms. The molecule has 0 aliphatic carbocycles. The first kappa shape index (κ1) is 16.3. The SMILES string of the molecule is CCCCC(/C=C/C(=O)OC)C[Si](Cl)(Cl)Cl. The number of carbonyl (C=O) groups excluding carboxylic acids is 1. The smallest absolute Gasteiger partial charge is 0.341 e. The van der Waals surface area contributed by atoms with Crippen molar-refractivity contribution in [3.8, 4) is 0 Å². The van der Waals surface area contributed by atoms with E-state index in [-0.39, 0.29) is 11.9 Å². The first-order chi connectivity index (χ1) is 7.39. The van der Waals surface area contributed by atoms with Crippen LogP contribution in [0.25, 0.3) is 0 Å². The average molecular weight is 304 g/mol. The van der Waals surface area contributed by atoms with Crippen molar-refractivity contribution < 1.29 is 9.53 Å². The van der Waals surface area contributed by atoms with Crippen LogP contribution in [-0.4, -0.2) is 19.1 Å². The van der Waals surface area contributed by atoms with Crippen molar-refractivity contribution in [1.82, 2.24) is 0 Å². The zero-order valence-corrected chi connectivity index (χ0v) is 12.8. The first-order valence-corrected chi connectivity index (χ1v) is 10.5. The summed E-state index contributed by atoms with van der Waals surface area (Å²) in [6, 6.07) is -2.09. The highest BCUT2D eigenvalue weighted by Gasteiger charge is 2.28. The maximum atomic E-state index is 11.0. The molecular formula is C10H17Cl3O2Si. The Morgan fingerprint density at radius 1 is 1.44 bits per heavy atom.